The molecular weight excluding hydrogens is 252 g/mol. The molecule has 0 aromatic heterocycles. The van der Waals surface area contributed by atoms with Crippen molar-refractivity contribution in [1.29, 1.82) is 0 Å². The van der Waals surface area contributed by atoms with Gasteiger partial charge in [0.15, 0.2) is 0 Å². The summed E-state index contributed by atoms with van der Waals surface area (Å²) in [5, 5.41) is 3.56. The van der Waals surface area contributed by atoms with Gasteiger partial charge in [0.2, 0.25) is 0 Å². The molecule has 0 radical (unpaired) electrons. The summed E-state index contributed by atoms with van der Waals surface area (Å²) in [6.45, 7) is 11.0. The molecule has 0 aromatic rings. The Morgan fingerprint density at radius 3 is 2.90 bits per heavy atom. The summed E-state index contributed by atoms with van der Waals surface area (Å²) in [5.41, 5.74) is 5.65. The molecule has 3 unspecified atom stereocenters. The smallest absolute Gasteiger partial charge is 0.115 e. The van der Waals surface area contributed by atoms with Crippen LogP contribution in [-0.2, 0) is 0 Å². The van der Waals surface area contributed by atoms with Gasteiger partial charge < -0.3 is 5.73 Å². The summed E-state index contributed by atoms with van der Waals surface area (Å²) in [7, 11) is 0. The lowest BCUT2D eigenvalue weighted by molar-refractivity contribution is 0.181. The zero-order chi connectivity index (χ0) is 14.4. The van der Waals surface area contributed by atoms with Crippen molar-refractivity contribution in [3.05, 3.63) is 0 Å². The summed E-state index contributed by atoms with van der Waals surface area (Å²) in [6.07, 6.45) is 4.24. The SMILES string of the molecule is CC1C=NCCN1CCNC1N=CCN(CCN)C1C. The average molecular weight is 280 g/mol. The molecule has 20 heavy (non-hydrogen) atoms. The topological polar surface area (TPSA) is 69.2 Å². The molecule has 2 aliphatic rings. The summed E-state index contributed by atoms with van der Waals surface area (Å²) in [6, 6.07) is 0.857. The van der Waals surface area contributed by atoms with E-state index in [0.29, 0.717) is 18.6 Å². The zero-order valence-corrected chi connectivity index (χ0v) is 12.7. The molecule has 0 bridgehead atoms. The molecule has 0 spiro atoms. The predicted molar refractivity (Wildman–Crippen MR) is 84.8 cm³/mol. The maximum Gasteiger partial charge on any atom is 0.115 e. The predicted octanol–water partition coefficient (Wildman–Crippen LogP) is -0.589. The molecule has 2 rings (SSSR count). The van der Waals surface area contributed by atoms with E-state index in [0.717, 1.165) is 39.3 Å². The van der Waals surface area contributed by atoms with Gasteiger partial charge in [0, 0.05) is 63.8 Å². The van der Waals surface area contributed by atoms with E-state index in [9.17, 15) is 0 Å². The van der Waals surface area contributed by atoms with E-state index in [1.165, 1.54) is 0 Å². The maximum atomic E-state index is 5.65. The first-order valence-electron chi connectivity index (χ1n) is 7.65. The fourth-order valence-corrected chi connectivity index (χ4v) is 2.82. The van der Waals surface area contributed by atoms with Crippen LogP contribution in [0.5, 0.6) is 0 Å². The number of aliphatic imine (C=N–C) groups is 2. The summed E-state index contributed by atoms with van der Waals surface area (Å²) in [4.78, 5) is 13.7. The summed E-state index contributed by atoms with van der Waals surface area (Å²) < 4.78 is 0. The fourth-order valence-electron chi connectivity index (χ4n) is 2.82. The van der Waals surface area contributed by atoms with Crippen LogP contribution >= 0.6 is 0 Å². The molecular formula is C14H28N6. The average Bonchev–Trinajstić information content (AvgIpc) is 2.45. The van der Waals surface area contributed by atoms with Crippen LogP contribution in [0.25, 0.3) is 0 Å². The van der Waals surface area contributed by atoms with Crippen molar-refractivity contribution in [1.82, 2.24) is 15.1 Å². The highest BCUT2D eigenvalue weighted by Gasteiger charge is 2.24. The Morgan fingerprint density at radius 1 is 1.30 bits per heavy atom. The van der Waals surface area contributed by atoms with Gasteiger partial charge in [-0.3, -0.25) is 25.1 Å². The highest BCUT2D eigenvalue weighted by atomic mass is 15.3. The molecule has 3 N–H and O–H groups in total. The number of nitrogens with one attached hydrogen (secondary N) is 1. The first-order valence-corrected chi connectivity index (χ1v) is 7.65. The second kappa shape index (κ2) is 7.83. The van der Waals surface area contributed by atoms with Crippen molar-refractivity contribution in [3.8, 4) is 0 Å². The van der Waals surface area contributed by atoms with Crippen molar-refractivity contribution < 1.29 is 0 Å². The minimum absolute atomic E-state index is 0.184. The van der Waals surface area contributed by atoms with Gasteiger partial charge >= 0.3 is 0 Å². The van der Waals surface area contributed by atoms with Gasteiger partial charge in [-0.25, -0.2) is 0 Å². The Labute approximate surface area is 122 Å². The van der Waals surface area contributed by atoms with Crippen LogP contribution in [0.4, 0.5) is 0 Å². The second-order valence-corrected chi connectivity index (χ2v) is 5.59. The standard InChI is InChI=1S/C14H28N6/c1-12-11-16-4-8-19(12)9-5-17-14-13(2)20(7-3-15)10-6-18-14/h6,11-14,17H,3-5,7-10,15H2,1-2H3. The molecule has 0 aromatic carbocycles. The molecule has 3 atom stereocenters. The van der Waals surface area contributed by atoms with Crippen molar-refractivity contribution in [2.45, 2.75) is 32.1 Å². The lowest BCUT2D eigenvalue weighted by Crippen LogP contribution is -2.54. The van der Waals surface area contributed by atoms with E-state index in [4.69, 9.17) is 5.73 Å². The Hall–Kier alpha value is -0.820. The van der Waals surface area contributed by atoms with E-state index in [2.05, 4.69) is 38.9 Å². The lowest BCUT2D eigenvalue weighted by Gasteiger charge is -2.36. The molecule has 6 nitrogen and oxygen atoms in total. The Kier molecular flexibility index (Phi) is 6.09. The maximum absolute atomic E-state index is 5.65. The van der Waals surface area contributed by atoms with E-state index in [-0.39, 0.29) is 6.17 Å². The van der Waals surface area contributed by atoms with E-state index >= 15 is 0 Å². The van der Waals surface area contributed by atoms with Crippen LogP contribution < -0.4 is 11.1 Å². The number of nitrogens with two attached hydrogens (primary N) is 1. The van der Waals surface area contributed by atoms with Gasteiger partial charge in [-0.2, -0.15) is 0 Å². The number of rotatable bonds is 6. The summed E-state index contributed by atoms with van der Waals surface area (Å²) in [5.74, 6) is 0. The number of nitrogens with zero attached hydrogens (tertiary/aromatic N) is 4. The van der Waals surface area contributed by atoms with Crippen molar-refractivity contribution in [2.75, 3.05) is 45.8 Å². The van der Waals surface area contributed by atoms with Crippen LogP contribution in [0.2, 0.25) is 0 Å². The Balaban J connectivity index is 1.74. The molecule has 114 valence electrons. The quantitative estimate of drug-likeness (QED) is 0.682. The monoisotopic (exact) mass is 280 g/mol. The fraction of sp³-hybridized carbons (Fsp3) is 0.857. The summed E-state index contributed by atoms with van der Waals surface area (Å²) >= 11 is 0. The lowest BCUT2D eigenvalue weighted by atomic mass is 10.2. The normalized spacial score (nSPS) is 31.9. The van der Waals surface area contributed by atoms with Crippen molar-refractivity contribution in [2.24, 2.45) is 15.7 Å². The third-order valence-corrected chi connectivity index (χ3v) is 4.20. The minimum atomic E-state index is 0.184. The van der Waals surface area contributed by atoms with Gasteiger partial charge in [0.1, 0.15) is 6.17 Å². The number of hydrogen-bond donors (Lipinski definition) is 2. The molecule has 0 saturated heterocycles. The third kappa shape index (κ3) is 4.09. The number of hydrogen-bond acceptors (Lipinski definition) is 6. The first kappa shape index (κ1) is 15.6. The highest BCUT2D eigenvalue weighted by Crippen LogP contribution is 2.09. The molecule has 2 aliphatic heterocycles. The molecule has 0 saturated carbocycles. The van der Waals surface area contributed by atoms with Gasteiger partial charge in [0.25, 0.3) is 0 Å². The molecule has 2 heterocycles. The van der Waals surface area contributed by atoms with E-state index in [1.807, 2.05) is 12.4 Å². The minimum Gasteiger partial charge on any atom is -0.329 e. The molecule has 6 heteroatoms. The van der Waals surface area contributed by atoms with Crippen molar-refractivity contribution in [3.63, 3.8) is 0 Å². The Bertz CT molecular complexity index is 343. The van der Waals surface area contributed by atoms with Gasteiger partial charge in [0.05, 0.1) is 6.54 Å². The third-order valence-electron chi connectivity index (χ3n) is 4.20. The van der Waals surface area contributed by atoms with Crippen LogP contribution in [0.15, 0.2) is 9.98 Å². The van der Waals surface area contributed by atoms with Crippen LogP contribution in [-0.4, -0.2) is 86.3 Å². The van der Waals surface area contributed by atoms with Gasteiger partial charge in [-0.05, 0) is 13.8 Å². The highest BCUT2D eigenvalue weighted by molar-refractivity contribution is 5.64. The van der Waals surface area contributed by atoms with E-state index in [1.54, 1.807) is 0 Å². The zero-order valence-electron chi connectivity index (χ0n) is 12.7. The Morgan fingerprint density at radius 2 is 2.15 bits per heavy atom. The van der Waals surface area contributed by atoms with Gasteiger partial charge in [-0.1, -0.05) is 0 Å². The largest absolute Gasteiger partial charge is 0.329 e. The molecule has 0 amide bonds. The van der Waals surface area contributed by atoms with Gasteiger partial charge in [-0.15, -0.1) is 0 Å². The first-order chi connectivity index (χ1) is 9.72. The molecule has 0 aliphatic carbocycles. The van der Waals surface area contributed by atoms with E-state index < -0.39 is 0 Å². The van der Waals surface area contributed by atoms with Crippen LogP contribution in [0.1, 0.15) is 13.8 Å². The second-order valence-electron chi connectivity index (χ2n) is 5.59. The van der Waals surface area contributed by atoms with Crippen molar-refractivity contribution >= 4 is 12.4 Å². The molecule has 0 fully saturated rings. The van der Waals surface area contributed by atoms with Crippen LogP contribution in [0, 0.1) is 0 Å². The van der Waals surface area contributed by atoms with Crippen LogP contribution in [0.3, 0.4) is 0 Å².